The van der Waals surface area contributed by atoms with Gasteiger partial charge in [-0.15, -0.1) is 0 Å². The first-order valence-corrected chi connectivity index (χ1v) is 9.02. The van der Waals surface area contributed by atoms with Gasteiger partial charge in [0.2, 0.25) is 0 Å². The Balaban J connectivity index is 1.87. The van der Waals surface area contributed by atoms with Crippen LogP contribution in [0.25, 0.3) is 0 Å². The van der Waals surface area contributed by atoms with Crippen molar-refractivity contribution in [3.8, 4) is 0 Å². The summed E-state index contributed by atoms with van der Waals surface area (Å²) < 4.78 is 10.5. The number of hydrogen-bond donors (Lipinski definition) is 0. The minimum atomic E-state index is -0.457. The van der Waals surface area contributed by atoms with Crippen LogP contribution in [-0.4, -0.2) is 42.3 Å². The summed E-state index contributed by atoms with van der Waals surface area (Å²) >= 11 is 0. The van der Waals surface area contributed by atoms with E-state index in [2.05, 4.69) is 0 Å². The quantitative estimate of drug-likeness (QED) is 0.771. The minimum absolute atomic E-state index is 0.227. The molecule has 5 nitrogen and oxygen atoms in total. The van der Waals surface area contributed by atoms with Crippen molar-refractivity contribution >= 4 is 12.1 Å². The average molecular weight is 347 g/mol. The van der Waals surface area contributed by atoms with Gasteiger partial charge in [-0.1, -0.05) is 12.1 Å². The predicted molar refractivity (Wildman–Crippen MR) is 96.6 cm³/mol. The number of hydrogen-bond acceptors (Lipinski definition) is 4. The first-order valence-electron chi connectivity index (χ1n) is 9.02. The van der Waals surface area contributed by atoms with Gasteiger partial charge < -0.3 is 14.4 Å². The van der Waals surface area contributed by atoms with Crippen molar-refractivity contribution in [1.82, 2.24) is 4.90 Å². The minimum Gasteiger partial charge on any atom is -0.462 e. The molecule has 1 amide bonds. The second-order valence-corrected chi connectivity index (χ2v) is 7.54. The Hall–Kier alpha value is -2.04. The lowest BCUT2D eigenvalue weighted by Gasteiger charge is -2.33. The molecule has 0 N–H and O–H groups in total. The van der Waals surface area contributed by atoms with Gasteiger partial charge in [0.15, 0.2) is 0 Å². The Morgan fingerprint density at radius 3 is 2.48 bits per heavy atom. The van der Waals surface area contributed by atoms with Gasteiger partial charge in [0.05, 0.1) is 12.2 Å². The fourth-order valence-corrected chi connectivity index (χ4v) is 3.02. The van der Waals surface area contributed by atoms with E-state index in [0.717, 1.165) is 37.9 Å². The van der Waals surface area contributed by atoms with Crippen molar-refractivity contribution in [3.05, 3.63) is 35.4 Å². The fourth-order valence-electron chi connectivity index (χ4n) is 3.02. The number of piperidine rings is 1. The maximum absolute atomic E-state index is 12.1. The zero-order valence-electron chi connectivity index (χ0n) is 15.7. The number of ether oxygens (including phenoxy) is 2. The van der Waals surface area contributed by atoms with E-state index in [4.69, 9.17) is 9.47 Å². The molecular weight excluding hydrogens is 318 g/mol. The van der Waals surface area contributed by atoms with Gasteiger partial charge in [0.1, 0.15) is 5.60 Å². The largest absolute Gasteiger partial charge is 0.462 e. The van der Waals surface area contributed by atoms with Gasteiger partial charge in [-0.3, -0.25) is 0 Å². The van der Waals surface area contributed by atoms with Gasteiger partial charge in [-0.25, -0.2) is 9.59 Å². The van der Waals surface area contributed by atoms with Gasteiger partial charge in [0, 0.05) is 13.1 Å². The Morgan fingerprint density at radius 2 is 1.88 bits per heavy atom. The number of benzene rings is 1. The van der Waals surface area contributed by atoms with Gasteiger partial charge >= 0.3 is 12.1 Å². The molecule has 0 bridgehead atoms. The van der Waals surface area contributed by atoms with Crippen LogP contribution in [0.4, 0.5) is 4.79 Å². The van der Waals surface area contributed by atoms with E-state index in [0.29, 0.717) is 18.1 Å². The zero-order chi connectivity index (χ0) is 18.4. The molecule has 2 rings (SSSR count). The van der Waals surface area contributed by atoms with E-state index in [1.54, 1.807) is 17.9 Å². The summed E-state index contributed by atoms with van der Waals surface area (Å²) in [6.45, 7) is 9.28. The van der Waals surface area contributed by atoms with E-state index >= 15 is 0 Å². The topological polar surface area (TPSA) is 55.8 Å². The SMILES string of the molecule is CCOC(=O)c1cccc(CC2CCN(C(=O)OC(C)(C)C)CC2)c1. The van der Waals surface area contributed by atoms with Crippen molar-refractivity contribution in [2.75, 3.05) is 19.7 Å². The third-order valence-corrected chi connectivity index (χ3v) is 4.23. The van der Waals surface area contributed by atoms with E-state index in [-0.39, 0.29) is 12.1 Å². The number of rotatable bonds is 4. The third kappa shape index (κ3) is 6.07. The van der Waals surface area contributed by atoms with Crippen LogP contribution in [0.5, 0.6) is 0 Å². The van der Waals surface area contributed by atoms with E-state index in [1.807, 2.05) is 39.0 Å². The lowest BCUT2D eigenvalue weighted by atomic mass is 9.90. The number of carbonyl (C=O) groups excluding carboxylic acids is 2. The summed E-state index contributed by atoms with van der Waals surface area (Å²) in [5, 5.41) is 0. The smallest absolute Gasteiger partial charge is 0.410 e. The molecule has 1 heterocycles. The lowest BCUT2D eigenvalue weighted by Crippen LogP contribution is -2.42. The van der Waals surface area contributed by atoms with Crippen LogP contribution in [0.2, 0.25) is 0 Å². The molecule has 0 unspecified atom stereocenters. The number of likely N-dealkylation sites (tertiary alicyclic amines) is 1. The molecule has 0 saturated carbocycles. The fraction of sp³-hybridized carbons (Fsp3) is 0.600. The van der Waals surface area contributed by atoms with Crippen LogP contribution >= 0.6 is 0 Å². The molecule has 1 aliphatic heterocycles. The first-order chi connectivity index (χ1) is 11.8. The molecule has 25 heavy (non-hydrogen) atoms. The summed E-state index contributed by atoms with van der Waals surface area (Å²) in [7, 11) is 0. The van der Waals surface area contributed by atoms with Gasteiger partial charge in [-0.2, -0.15) is 0 Å². The molecule has 0 spiro atoms. The number of nitrogens with zero attached hydrogens (tertiary/aromatic N) is 1. The molecule has 0 aromatic heterocycles. The van der Waals surface area contributed by atoms with Crippen LogP contribution in [0, 0.1) is 5.92 Å². The average Bonchev–Trinajstić information content (AvgIpc) is 2.54. The Labute approximate surface area is 150 Å². The Bertz CT molecular complexity index is 598. The molecule has 0 radical (unpaired) electrons. The normalized spacial score (nSPS) is 15.8. The molecule has 1 aromatic carbocycles. The summed E-state index contributed by atoms with van der Waals surface area (Å²) in [6.07, 6.45) is 2.58. The summed E-state index contributed by atoms with van der Waals surface area (Å²) in [4.78, 5) is 25.7. The van der Waals surface area contributed by atoms with Crippen molar-refractivity contribution in [3.63, 3.8) is 0 Å². The summed E-state index contributed by atoms with van der Waals surface area (Å²) in [6, 6.07) is 7.64. The summed E-state index contributed by atoms with van der Waals surface area (Å²) in [5.74, 6) is 0.236. The molecule has 1 fully saturated rings. The second kappa shape index (κ2) is 8.37. The molecule has 1 aromatic rings. The van der Waals surface area contributed by atoms with Crippen molar-refractivity contribution < 1.29 is 19.1 Å². The van der Waals surface area contributed by atoms with Crippen LogP contribution in [0.15, 0.2) is 24.3 Å². The van der Waals surface area contributed by atoms with E-state index in [1.165, 1.54) is 0 Å². The molecule has 5 heteroatoms. The highest BCUT2D eigenvalue weighted by molar-refractivity contribution is 5.89. The third-order valence-electron chi connectivity index (χ3n) is 4.23. The standard InChI is InChI=1S/C20H29NO4/c1-5-24-18(22)17-8-6-7-16(14-17)13-15-9-11-21(12-10-15)19(23)25-20(2,3)4/h6-8,14-15H,5,9-13H2,1-4H3. The van der Waals surface area contributed by atoms with Crippen LogP contribution in [-0.2, 0) is 15.9 Å². The van der Waals surface area contributed by atoms with Crippen LogP contribution in [0.3, 0.4) is 0 Å². The van der Waals surface area contributed by atoms with Crippen LogP contribution in [0.1, 0.15) is 56.5 Å². The predicted octanol–water partition coefficient (Wildman–Crippen LogP) is 4.05. The highest BCUT2D eigenvalue weighted by atomic mass is 16.6. The lowest BCUT2D eigenvalue weighted by molar-refractivity contribution is 0.0184. The zero-order valence-corrected chi connectivity index (χ0v) is 15.7. The van der Waals surface area contributed by atoms with Gasteiger partial charge in [0.25, 0.3) is 0 Å². The van der Waals surface area contributed by atoms with Crippen LogP contribution < -0.4 is 0 Å². The Kier molecular flexibility index (Phi) is 6.45. The van der Waals surface area contributed by atoms with Crippen molar-refractivity contribution in [1.29, 1.82) is 0 Å². The monoisotopic (exact) mass is 347 g/mol. The number of carbonyl (C=O) groups is 2. The van der Waals surface area contributed by atoms with E-state index < -0.39 is 5.60 Å². The highest BCUT2D eigenvalue weighted by Gasteiger charge is 2.27. The molecule has 1 aliphatic rings. The summed E-state index contributed by atoms with van der Waals surface area (Å²) in [5.41, 5.74) is 1.29. The molecular formula is C20H29NO4. The first kappa shape index (κ1) is 19.3. The molecule has 0 atom stereocenters. The second-order valence-electron chi connectivity index (χ2n) is 7.54. The maximum Gasteiger partial charge on any atom is 0.410 e. The number of esters is 1. The van der Waals surface area contributed by atoms with Gasteiger partial charge in [-0.05, 0) is 70.6 Å². The van der Waals surface area contributed by atoms with Crippen molar-refractivity contribution in [2.45, 2.75) is 52.6 Å². The van der Waals surface area contributed by atoms with E-state index in [9.17, 15) is 9.59 Å². The molecule has 1 saturated heterocycles. The van der Waals surface area contributed by atoms with Crippen molar-refractivity contribution in [2.24, 2.45) is 5.92 Å². The highest BCUT2D eigenvalue weighted by Crippen LogP contribution is 2.23. The maximum atomic E-state index is 12.1. The Morgan fingerprint density at radius 1 is 1.20 bits per heavy atom. The molecule has 0 aliphatic carbocycles. The molecule has 138 valence electrons. The number of amides is 1.